The van der Waals surface area contributed by atoms with Crippen molar-refractivity contribution in [2.24, 2.45) is 7.05 Å². The summed E-state index contributed by atoms with van der Waals surface area (Å²) in [6, 6.07) is 0. The van der Waals surface area contributed by atoms with E-state index in [1.807, 2.05) is 14.0 Å². The van der Waals surface area contributed by atoms with E-state index < -0.39 is 5.60 Å². The molecular formula is C12H18N2O3. The third kappa shape index (κ3) is 2.25. The van der Waals surface area contributed by atoms with Gasteiger partial charge < -0.3 is 14.0 Å². The number of imidazole rings is 1. The molecule has 2 rings (SSSR count). The monoisotopic (exact) mass is 238 g/mol. The minimum atomic E-state index is -0.744. The molecule has 5 heteroatoms. The molecule has 2 heterocycles. The molecule has 0 N–H and O–H groups in total. The van der Waals surface area contributed by atoms with Crippen molar-refractivity contribution < 1.29 is 14.3 Å². The fourth-order valence-electron chi connectivity index (χ4n) is 2.20. The molecule has 0 saturated carbocycles. The number of nitrogens with zero attached hydrogens (tertiary/aromatic N) is 2. The van der Waals surface area contributed by atoms with Crippen LogP contribution in [0.3, 0.4) is 0 Å². The largest absolute Gasteiger partial charge is 0.381 e. The number of ether oxygens (including phenoxy) is 2. The Labute approximate surface area is 101 Å². The van der Waals surface area contributed by atoms with Crippen LogP contribution in [0.15, 0.2) is 12.4 Å². The van der Waals surface area contributed by atoms with Crippen molar-refractivity contribution in [1.29, 1.82) is 0 Å². The SMILES string of the molecule is CCOC1(C(=O)c2nccn2C)CCOCC1. The van der Waals surface area contributed by atoms with Gasteiger partial charge in [0.1, 0.15) is 5.60 Å². The Kier molecular flexibility index (Phi) is 3.59. The van der Waals surface area contributed by atoms with Gasteiger partial charge in [0.15, 0.2) is 5.82 Å². The van der Waals surface area contributed by atoms with E-state index in [-0.39, 0.29) is 5.78 Å². The normalized spacial score (nSPS) is 19.2. The topological polar surface area (TPSA) is 53.3 Å². The molecule has 94 valence electrons. The van der Waals surface area contributed by atoms with E-state index in [4.69, 9.17) is 9.47 Å². The molecule has 1 aliphatic rings. The van der Waals surface area contributed by atoms with Crippen molar-refractivity contribution in [3.8, 4) is 0 Å². The predicted octanol–water partition coefficient (Wildman–Crippen LogP) is 1.19. The standard InChI is InChI=1S/C12H18N2O3/c1-3-17-12(4-8-16-9-5-12)10(15)11-13-6-7-14(11)2/h6-7H,3-5,8-9H2,1-2H3. The smallest absolute Gasteiger partial charge is 0.230 e. The van der Waals surface area contributed by atoms with Crippen molar-refractivity contribution in [2.75, 3.05) is 19.8 Å². The number of ketones is 1. The number of hydrogen-bond donors (Lipinski definition) is 0. The molecule has 0 aliphatic carbocycles. The molecule has 1 aliphatic heterocycles. The van der Waals surface area contributed by atoms with Crippen LogP contribution in [-0.2, 0) is 16.5 Å². The van der Waals surface area contributed by atoms with Gasteiger partial charge in [-0.05, 0) is 6.92 Å². The second kappa shape index (κ2) is 4.98. The van der Waals surface area contributed by atoms with Crippen LogP contribution in [0.5, 0.6) is 0 Å². The number of aryl methyl sites for hydroxylation is 1. The summed E-state index contributed by atoms with van der Waals surface area (Å²) in [6.45, 7) is 3.56. The van der Waals surface area contributed by atoms with E-state index in [9.17, 15) is 4.79 Å². The Morgan fingerprint density at radius 2 is 2.29 bits per heavy atom. The van der Waals surface area contributed by atoms with Crippen LogP contribution >= 0.6 is 0 Å². The van der Waals surface area contributed by atoms with Gasteiger partial charge in [0.25, 0.3) is 0 Å². The Morgan fingerprint density at radius 1 is 1.59 bits per heavy atom. The molecule has 0 amide bonds. The molecular weight excluding hydrogens is 220 g/mol. The van der Waals surface area contributed by atoms with Crippen LogP contribution in [0.25, 0.3) is 0 Å². The van der Waals surface area contributed by atoms with Crippen molar-refractivity contribution in [3.63, 3.8) is 0 Å². The maximum Gasteiger partial charge on any atom is 0.230 e. The molecule has 1 aromatic rings. The summed E-state index contributed by atoms with van der Waals surface area (Å²) in [5, 5.41) is 0. The highest BCUT2D eigenvalue weighted by Crippen LogP contribution is 2.28. The van der Waals surface area contributed by atoms with Gasteiger partial charge in [-0.2, -0.15) is 0 Å². The number of carbonyl (C=O) groups is 1. The van der Waals surface area contributed by atoms with Crippen molar-refractivity contribution >= 4 is 5.78 Å². The van der Waals surface area contributed by atoms with E-state index in [2.05, 4.69) is 4.98 Å². The number of hydrogen-bond acceptors (Lipinski definition) is 4. The average molecular weight is 238 g/mol. The highest BCUT2D eigenvalue weighted by atomic mass is 16.5. The minimum absolute atomic E-state index is 0.0323. The van der Waals surface area contributed by atoms with Crippen molar-refractivity contribution in [3.05, 3.63) is 18.2 Å². The van der Waals surface area contributed by atoms with Crippen LogP contribution in [-0.4, -0.2) is 40.8 Å². The number of rotatable bonds is 4. The summed E-state index contributed by atoms with van der Waals surface area (Å²) in [6.07, 6.45) is 4.61. The zero-order chi connectivity index (χ0) is 12.3. The second-order valence-corrected chi connectivity index (χ2v) is 4.23. The first kappa shape index (κ1) is 12.3. The third-order valence-corrected chi connectivity index (χ3v) is 3.16. The lowest BCUT2D eigenvalue weighted by Crippen LogP contribution is -2.47. The molecule has 0 unspecified atom stereocenters. The van der Waals surface area contributed by atoms with Gasteiger partial charge in [0.2, 0.25) is 5.78 Å². The van der Waals surface area contributed by atoms with Crippen LogP contribution in [0, 0.1) is 0 Å². The number of aromatic nitrogens is 2. The van der Waals surface area contributed by atoms with E-state index >= 15 is 0 Å². The second-order valence-electron chi connectivity index (χ2n) is 4.23. The summed E-state index contributed by atoms with van der Waals surface area (Å²) >= 11 is 0. The van der Waals surface area contributed by atoms with Gasteiger partial charge in [-0.1, -0.05) is 0 Å². The van der Waals surface area contributed by atoms with Gasteiger partial charge in [-0.15, -0.1) is 0 Å². The summed E-state index contributed by atoms with van der Waals surface area (Å²) in [7, 11) is 1.82. The fourth-order valence-corrected chi connectivity index (χ4v) is 2.20. The fraction of sp³-hybridized carbons (Fsp3) is 0.667. The molecule has 0 spiro atoms. The lowest BCUT2D eigenvalue weighted by Gasteiger charge is -2.34. The molecule has 5 nitrogen and oxygen atoms in total. The zero-order valence-corrected chi connectivity index (χ0v) is 10.3. The summed E-state index contributed by atoms with van der Waals surface area (Å²) < 4.78 is 12.8. The third-order valence-electron chi connectivity index (χ3n) is 3.16. The van der Waals surface area contributed by atoms with Crippen molar-refractivity contribution in [2.45, 2.75) is 25.4 Å². The quantitative estimate of drug-likeness (QED) is 0.739. The van der Waals surface area contributed by atoms with Crippen LogP contribution in [0.4, 0.5) is 0 Å². The van der Waals surface area contributed by atoms with E-state index in [1.54, 1.807) is 17.0 Å². The average Bonchev–Trinajstić information content (AvgIpc) is 2.76. The molecule has 0 aromatic carbocycles. The molecule has 0 atom stereocenters. The van der Waals surface area contributed by atoms with Crippen LogP contribution in [0.2, 0.25) is 0 Å². The van der Waals surface area contributed by atoms with Crippen LogP contribution in [0.1, 0.15) is 30.4 Å². The van der Waals surface area contributed by atoms with Gasteiger partial charge in [-0.3, -0.25) is 4.79 Å². The molecule has 1 fully saturated rings. The number of Topliss-reactive ketones (excluding diaryl/α,β-unsaturated/α-hetero) is 1. The van der Waals surface area contributed by atoms with Gasteiger partial charge in [0, 0.05) is 52.1 Å². The maximum atomic E-state index is 12.5. The lowest BCUT2D eigenvalue weighted by molar-refractivity contribution is -0.0827. The van der Waals surface area contributed by atoms with Gasteiger partial charge in [0.05, 0.1) is 0 Å². The summed E-state index contributed by atoms with van der Waals surface area (Å²) in [4.78, 5) is 16.6. The lowest BCUT2D eigenvalue weighted by atomic mass is 9.88. The Bertz CT molecular complexity index is 389. The number of carbonyl (C=O) groups excluding carboxylic acids is 1. The Hall–Kier alpha value is -1.20. The van der Waals surface area contributed by atoms with Crippen LogP contribution < -0.4 is 0 Å². The highest BCUT2D eigenvalue weighted by Gasteiger charge is 2.42. The first-order valence-corrected chi connectivity index (χ1v) is 5.93. The zero-order valence-electron chi connectivity index (χ0n) is 10.3. The predicted molar refractivity (Wildman–Crippen MR) is 61.9 cm³/mol. The summed E-state index contributed by atoms with van der Waals surface area (Å²) in [5.74, 6) is 0.426. The summed E-state index contributed by atoms with van der Waals surface area (Å²) in [5.41, 5.74) is -0.744. The van der Waals surface area contributed by atoms with E-state index in [0.29, 0.717) is 38.5 Å². The molecule has 0 radical (unpaired) electrons. The van der Waals surface area contributed by atoms with Gasteiger partial charge >= 0.3 is 0 Å². The molecule has 1 aromatic heterocycles. The Morgan fingerprint density at radius 3 is 2.82 bits per heavy atom. The minimum Gasteiger partial charge on any atom is -0.381 e. The van der Waals surface area contributed by atoms with Crippen molar-refractivity contribution in [1.82, 2.24) is 9.55 Å². The van der Waals surface area contributed by atoms with E-state index in [0.717, 1.165) is 0 Å². The first-order valence-electron chi connectivity index (χ1n) is 5.93. The molecule has 0 bridgehead atoms. The highest BCUT2D eigenvalue weighted by molar-refractivity contribution is 5.99. The first-order chi connectivity index (χ1) is 8.19. The molecule has 1 saturated heterocycles. The Balaban J connectivity index is 2.27. The molecule has 17 heavy (non-hydrogen) atoms. The van der Waals surface area contributed by atoms with Gasteiger partial charge in [-0.25, -0.2) is 4.98 Å². The maximum absolute atomic E-state index is 12.5. The van der Waals surface area contributed by atoms with E-state index in [1.165, 1.54) is 0 Å².